The number of H-pyrrole nitrogens is 1. The highest BCUT2D eigenvalue weighted by atomic mass is 16.2. The fourth-order valence-corrected chi connectivity index (χ4v) is 4.15. The number of aryl methyl sites for hydroxylation is 2. The molecule has 0 spiro atoms. The highest BCUT2D eigenvalue weighted by Crippen LogP contribution is 2.31. The highest BCUT2D eigenvalue weighted by molar-refractivity contribution is 5.91. The molecule has 2 N–H and O–H groups in total. The van der Waals surface area contributed by atoms with E-state index in [2.05, 4.69) is 10.3 Å². The van der Waals surface area contributed by atoms with Crippen LogP contribution in [0.25, 0.3) is 16.6 Å². The molecule has 0 saturated heterocycles. The first-order valence-electron chi connectivity index (χ1n) is 10.3. The van der Waals surface area contributed by atoms with Crippen molar-refractivity contribution in [3.8, 4) is 5.69 Å². The maximum atomic E-state index is 12.8. The van der Waals surface area contributed by atoms with E-state index in [9.17, 15) is 14.4 Å². The third-order valence-corrected chi connectivity index (χ3v) is 5.63. The Hall–Kier alpha value is -3.94. The zero-order chi connectivity index (χ0) is 21.4. The molecule has 31 heavy (non-hydrogen) atoms. The number of para-hydroxylation sites is 2. The first-order valence-corrected chi connectivity index (χ1v) is 10.3. The molecule has 1 aliphatic carbocycles. The van der Waals surface area contributed by atoms with E-state index in [0.717, 1.165) is 36.2 Å². The number of aromatic amines is 1. The number of hydrogen-bond acceptors (Lipinski definition) is 4. The number of amides is 1. The standard InChI is InChI=1S/C23H21N5O3/c29-20(13-14-27-19-12-5-4-9-17(19)22(30)25-23(27)31)24-21-16-10-6-11-18(16)26-28(21)15-7-2-1-3-8-15/h1-5,7-9,12H,6,10-11,13-14H2,(H,24,29)(H,25,30,31). The Morgan fingerprint density at radius 2 is 1.81 bits per heavy atom. The molecule has 5 rings (SSSR count). The molecule has 0 saturated carbocycles. The lowest BCUT2D eigenvalue weighted by Gasteiger charge is -2.12. The molecule has 0 unspecified atom stereocenters. The predicted molar refractivity (Wildman–Crippen MR) is 118 cm³/mol. The normalized spacial score (nSPS) is 12.8. The Labute approximate surface area is 177 Å². The van der Waals surface area contributed by atoms with Gasteiger partial charge in [-0.1, -0.05) is 30.3 Å². The predicted octanol–water partition coefficient (Wildman–Crippen LogP) is 2.39. The van der Waals surface area contributed by atoms with Gasteiger partial charge in [-0.2, -0.15) is 5.10 Å². The highest BCUT2D eigenvalue weighted by Gasteiger charge is 2.24. The van der Waals surface area contributed by atoms with Gasteiger partial charge in [-0.15, -0.1) is 0 Å². The summed E-state index contributed by atoms with van der Waals surface area (Å²) in [6.07, 6.45) is 2.89. The average molecular weight is 415 g/mol. The summed E-state index contributed by atoms with van der Waals surface area (Å²) in [5.74, 6) is 0.483. The van der Waals surface area contributed by atoms with Gasteiger partial charge in [0, 0.05) is 18.5 Å². The zero-order valence-corrected chi connectivity index (χ0v) is 16.8. The van der Waals surface area contributed by atoms with E-state index in [-0.39, 0.29) is 18.9 Å². The van der Waals surface area contributed by atoms with Crippen molar-refractivity contribution < 1.29 is 4.79 Å². The van der Waals surface area contributed by atoms with Crippen molar-refractivity contribution in [1.29, 1.82) is 0 Å². The quantitative estimate of drug-likeness (QED) is 0.523. The molecule has 0 atom stereocenters. The number of anilines is 1. The molecule has 0 aliphatic heterocycles. The molecule has 8 nitrogen and oxygen atoms in total. The molecule has 2 heterocycles. The van der Waals surface area contributed by atoms with E-state index in [1.54, 1.807) is 28.9 Å². The van der Waals surface area contributed by atoms with Crippen molar-refractivity contribution in [2.75, 3.05) is 5.32 Å². The zero-order valence-electron chi connectivity index (χ0n) is 16.8. The van der Waals surface area contributed by atoms with Gasteiger partial charge in [0.25, 0.3) is 5.56 Å². The summed E-state index contributed by atoms with van der Waals surface area (Å²) in [4.78, 5) is 39.5. The number of fused-ring (bicyclic) bond motifs is 2. The summed E-state index contributed by atoms with van der Waals surface area (Å²) < 4.78 is 3.21. The van der Waals surface area contributed by atoms with Crippen molar-refractivity contribution >= 4 is 22.6 Å². The smallest absolute Gasteiger partial charge is 0.310 e. The third-order valence-electron chi connectivity index (χ3n) is 5.63. The van der Waals surface area contributed by atoms with Gasteiger partial charge in [-0.3, -0.25) is 19.1 Å². The monoisotopic (exact) mass is 415 g/mol. The molecule has 2 aromatic heterocycles. The fraction of sp³-hybridized carbons (Fsp3) is 0.217. The lowest BCUT2D eigenvalue weighted by molar-refractivity contribution is -0.116. The number of nitrogens with one attached hydrogen (secondary N) is 2. The van der Waals surface area contributed by atoms with Crippen LogP contribution in [0.2, 0.25) is 0 Å². The topological polar surface area (TPSA) is 102 Å². The number of nitrogens with zero attached hydrogens (tertiary/aromatic N) is 3. The number of aromatic nitrogens is 4. The maximum Gasteiger partial charge on any atom is 0.328 e. The minimum Gasteiger partial charge on any atom is -0.310 e. The SMILES string of the molecule is O=C(CCn1c(=O)[nH]c(=O)c2ccccc21)Nc1c2c(nn1-c1ccccc1)CCC2. The average Bonchev–Trinajstić information content (AvgIpc) is 3.37. The van der Waals surface area contributed by atoms with Gasteiger partial charge in [-0.25, -0.2) is 9.48 Å². The molecule has 0 fully saturated rings. The Bertz CT molecular complexity index is 1400. The molecular formula is C23H21N5O3. The molecule has 156 valence electrons. The number of rotatable bonds is 5. The molecule has 1 amide bonds. The fourth-order valence-electron chi connectivity index (χ4n) is 4.15. The number of benzene rings is 2. The van der Waals surface area contributed by atoms with Gasteiger partial charge in [0.1, 0.15) is 5.82 Å². The second-order valence-electron chi connectivity index (χ2n) is 7.60. The van der Waals surface area contributed by atoms with Crippen LogP contribution in [0.1, 0.15) is 24.1 Å². The lowest BCUT2D eigenvalue weighted by Crippen LogP contribution is -2.31. The second kappa shape index (κ2) is 7.71. The summed E-state index contributed by atoms with van der Waals surface area (Å²) in [5, 5.41) is 8.14. The molecule has 0 bridgehead atoms. The Morgan fingerprint density at radius 1 is 1.03 bits per heavy atom. The van der Waals surface area contributed by atoms with Crippen LogP contribution < -0.4 is 16.6 Å². The van der Waals surface area contributed by atoms with Gasteiger partial charge in [0.05, 0.1) is 22.3 Å². The van der Waals surface area contributed by atoms with Crippen LogP contribution in [0.5, 0.6) is 0 Å². The van der Waals surface area contributed by atoms with Gasteiger partial charge in [-0.05, 0) is 43.5 Å². The summed E-state index contributed by atoms with van der Waals surface area (Å²) in [6.45, 7) is 0.156. The lowest BCUT2D eigenvalue weighted by atomic mass is 10.2. The van der Waals surface area contributed by atoms with Crippen molar-refractivity contribution in [3.63, 3.8) is 0 Å². The van der Waals surface area contributed by atoms with E-state index >= 15 is 0 Å². The van der Waals surface area contributed by atoms with Crippen molar-refractivity contribution in [2.45, 2.75) is 32.2 Å². The molecule has 4 aromatic rings. The van der Waals surface area contributed by atoms with Crippen molar-refractivity contribution in [2.24, 2.45) is 0 Å². The summed E-state index contributed by atoms with van der Waals surface area (Å²) in [6, 6.07) is 16.6. The Kier molecular flexibility index (Phi) is 4.74. The first kappa shape index (κ1) is 19.0. The van der Waals surface area contributed by atoms with Crippen LogP contribution in [0.15, 0.2) is 64.2 Å². The van der Waals surface area contributed by atoms with Crippen molar-refractivity contribution in [1.82, 2.24) is 19.3 Å². The number of hydrogen-bond donors (Lipinski definition) is 2. The summed E-state index contributed by atoms with van der Waals surface area (Å²) in [7, 11) is 0. The van der Waals surface area contributed by atoms with Crippen LogP contribution in [0.3, 0.4) is 0 Å². The number of carbonyl (C=O) groups is 1. The van der Waals surface area contributed by atoms with E-state index in [4.69, 9.17) is 5.10 Å². The van der Waals surface area contributed by atoms with E-state index in [1.807, 2.05) is 30.3 Å². The summed E-state index contributed by atoms with van der Waals surface area (Å²) in [5.41, 5.74) is 2.54. The van der Waals surface area contributed by atoms with Crippen molar-refractivity contribution in [3.05, 3.63) is 86.7 Å². The minimum absolute atomic E-state index is 0.0880. The second-order valence-corrected chi connectivity index (χ2v) is 7.60. The van der Waals surface area contributed by atoms with Crippen LogP contribution in [-0.2, 0) is 24.2 Å². The minimum atomic E-state index is -0.522. The van der Waals surface area contributed by atoms with Gasteiger partial charge in [0.15, 0.2) is 0 Å². The number of carbonyl (C=O) groups excluding carboxylic acids is 1. The third kappa shape index (κ3) is 3.46. The maximum absolute atomic E-state index is 12.8. The largest absolute Gasteiger partial charge is 0.328 e. The van der Waals surface area contributed by atoms with Gasteiger partial charge < -0.3 is 5.32 Å². The van der Waals surface area contributed by atoms with E-state index in [1.165, 1.54) is 4.57 Å². The molecule has 8 heteroatoms. The summed E-state index contributed by atoms with van der Waals surface area (Å²) >= 11 is 0. The van der Waals surface area contributed by atoms with E-state index < -0.39 is 11.2 Å². The van der Waals surface area contributed by atoms with Gasteiger partial charge in [0.2, 0.25) is 5.91 Å². The molecule has 0 radical (unpaired) electrons. The molecular weight excluding hydrogens is 394 g/mol. The van der Waals surface area contributed by atoms with E-state index in [0.29, 0.717) is 16.7 Å². The van der Waals surface area contributed by atoms with Crippen LogP contribution >= 0.6 is 0 Å². The van der Waals surface area contributed by atoms with Gasteiger partial charge >= 0.3 is 5.69 Å². The Balaban J connectivity index is 1.41. The van der Waals surface area contributed by atoms with Crippen LogP contribution in [-0.4, -0.2) is 25.2 Å². The van der Waals surface area contributed by atoms with Crippen LogP contribution in [0, 0.1) is 0 Å². The Morgan fingerprint density at radius 3 is 2.65 bits per heavy atom. The first-order chi connectivity index (χ1) is 15.1. The molecule has 2 aromatic carbocycles. The molecule has 1 aliphatic rings. The van der Waals surface area contributed by atoms with Crippen LogP contribution in [0.4, 0.5) is 5.82 Å².